The van der Waals surface area contributed by atoms with Crippen molar-refractivity contribution in [1.29, 1.82) is 0 Å². The number of fused-ring (bicyclic) bond motifs is 1. The number of anilines is 1. The molecule has 1 aliphatic rings. The zero-order valence-corrected chi connectivity index (χ0v) is 11.9. The van der Waals surface area contributed by atoms with Gasteiger partial charge in [-0.3, -0.25) is 10.2 Å². The highest BCUT2D eigenvalue weighted by molar-refractivity contribution is 6.42. The van der Waals surface area contributed by atoms with Crippen molar-refractivity contribution < 1.29 is 4.79 Å². The summed E-state index contributed by atoms with van der Waals surface area (Å²) in [6, 6.07) is 12.6. The van der Waals surface area contributed by atoms with E-state index >= 15 is 0 Å². The Bertz CT molecular complexity index is 726. The fourth-order valence-electron chi connectivity index (χ4n) is 2.12. The van der Waals surface area contributed by atoms with Gasteiger partial charge in [0, 0.05) is 11.1 Å². The van der Waals surface area contributed by atoms with Crippen LogP contribution in [0.2, 0.25) is 10.0 Å². The van der Waals surface area contributed by atoms with E-state index < -0.39 is 0 Å². The van der Waals surface area contributed by atoms with Gasteiger partial charge in [-0.25, -0.2) is 0 Å². The number of Topliss-reactive ketones (excluding diaryl/α,β-unsaturated/α-hetero) is 1. The number of benzene rings is 2. The van der Waals surface area contributed by atoms with Gasteiger partial charge < -0.3 is 0 Å². The van der Waals surface area contributed by atoms with Crippen LogP contribution >= 0.6 is 23.2 Å². The second-order valence-electron chi connectivity index (χ2n) is 4.44. The lowest BCUT2D eigenvalue weighted by atomic mass is 10.1. The first-order valence-corrected chi connectivity index (χ1v) is 6.81. The van der Waals surface area contributed by atoms with E-state index in [9.17, 15) is 4.79 Å². The van der Waals surface area contributed by atoms with Crippen LogP contribution in [0.15, 0.2) is 47.6 Å². The van der Waals surface area contributed by atoms with Crippen molar-refractivity contribution >= 4 is 40.4 Å². The molecule has 0 heterocycles. The molecule has 0 atom stereocenters. The molecule has 0 saturated carbocycles. The molecule has 2 aromatic carbocycles. The molecule has 100 valence electrons. The van der Waals surface area contributed by atoms with Crippen molar-refractivity contribution in [2.75, 3.05) is 5.43 Å². The molecule has 0 saturated heterocycles. The Labute approximate surface area is 126 Å². The number of carbonyl (C=O) groups excluding carboxylic acids is 1. The molecule has 0 spiro atoms. The minimum Gasteiger partial charge on any atom is -0.294 e. The van der Waals surface area contributed by atoms with Crippen LogP contribution in [0, 0.1) is 0 Å². The maximum atomic E-state index is 11.8. The summed E-state index contributed by atoms with van der Waals surface area (Å²) in [6.07, 6.45) is 0.313. The van der Waals surface area contributed by atoms with E-state index in [0.717, 1.165) is 22.5 Å². The molecule has 0 unspecified atom stereocenters. The van der Waals surface area contributed by atoms with Crippen molar-refractivity contribution in [2.24, 2.45) is 5.10 Å². The number of rotatable bonds is 2. The molecule has 0 aliphatic heterocycles. The average Bonchev–Trinajstić information content (AvgIpc) is 2.78. The van der Waals surface area contributed by atoms with Gasteiger partial charge in [-0.15, -0.1) is 0 Å². The molecule has 3 nitrogen and oxygen atoms in total. The van der Waals surface area contributed by atoms with Gasteiger partial charge in [0.2, 0.25) is 0 Å². The zero-order valence-electron chi connectivity index (χ0n) is 10.4. The first-order valence-electron chi connectivity index (χ1n) is 6.05. The SMILES string of the molecule is O=C1CC(=NNc2ccc(Cl)c(Cl)c2)c2ccccc21. The van der Waals surface area contributed by atoms with Crippen LogP contribution in [-0.4, -0.2) is 11.5 Å². The first-order chi connectivity index (χ1) is 9.65. The summed E-state index contributed by atoms with van der Waals surface area (Å²) < 4.78 is 0. The minimum absolute atomic E-state index is 0.0929. The summed E-state index contributed by atoms with van der Waals surface area (Å²) in [5.74, 6) is 0.0929. The van der Waals surface area contributed by atoms with Crippen LogP contribution in [0.1, 0.15) is 22.3 Å². The second kappa shape index (κ2) is 5.27. The number of hydrazone groups is 1. The standard InChI is InChI=1S/C15H10Cl2N2O/c16-12-6-5-9(7-13(12)17)18-19-14-8-15(20)11-4-2-1-3-10(11)14/h1-7,18H,8H2. The quantitative estimate of drug-likeness (QED) is 0.836. The molecular weight excluding hydrogens is 295 g/mol. The fourth-order valence-corrected chi connectivity index (χ4v) is 2.42. The van der Waals surface area contributed by atoms with Crippen LogP contribution in [-0.2, 0) is 0 Å². The molecule has 0 aromatic heterocycles. The molecular formula is C15H10Cl2N2O. The summed E-state index contributed by atoms with van der Waals surface area (Å²) in [5, 5.41) is 5.25. The van der Waals surface area contributed by atoms with E-state index in [1.807, 2.05) is 24.3 Å². The van der Waals surface area contributed by atoms with Gasteiger partial charge in [-0.05, 0) is 18.2 Å². The Morgan fingerprint density at radius 3 is 2.50 bits per heavy atom. The van der Waals surface area contributed by atoms with E-state index in [4.69, 9.17) is 23.2 Å². The third-order valence-electron chi connectivity index (χ3n) is 3.11. The smallest absolute Gasteiger partial charge is 0.169 e. The Kier molecular flexibility index (Phi) is 3.47. The maximum absolute atomic E-state index is 11.8. The minimum atomic E-state index is 0.0929. The molecule has 0 fully saturated rings. The number of ketones is 1. The van der Waals surface area contributed by atoms with Gasteiger partial charge in [0.1, 0.15) is 0 Å². The van der Waals surface area contributed by atoms with E-state index in [0.29, 0.717) is 16.5 Å². The molecule has 0 amide bonds. The molecule has 0 bridgehead atoms. The summed E-state index contributed by atoms with van der Waals surface area (Å²) in [7, 11) is 0. The Morgan fingerprint density at radius 2 is 1.75 bits per heavy atom. The van der Waals surface area contributed by atoms with Gasteiger partial charge >= 0.3 is 0 Å². The number of halogens is 2. The summed E-state index contributed by atoms with van der Waals surface area (Å²) in [6.45, 7) is 0. The van der Waals surface area contributed by atoms with Crippen molar-refractivity contribution in [3.05, 3.63) is 63.6 Å². The summed E-state index contributed by atoms with van der Waals surface area (Å²) in [4.78, 5) is 11.8. The van der Waals surface area contributed by atoms with Crippen LogP contribution in [0.5, 0.6) is 0 Å². The maximum Gasteiger partial charge on any atom is 0.169 e. The Hall–Kier alpha value is -1.84. The fraction of sp³-hybridized carbons (Fsp3) is 0.0667. The third-order valence-corrected chi connectivity index (χ3v) is 3.84. The van der Waals surface area contributed by atoms with Crippen LogP contribution in [0.3, 0.4) is 0 Å². The number of nitrogens with one attached hydrogen (secondary N) is 1. The monoisotopic (exact) mass is 304 g/mol. The highest BCUT2D eigenvalue weighted by Gasteiger charge is 2.24. The van der Waals surface area contributed by atoms with E-state index in [1.54, 1.807) is 18.2 Å². The van der Waals surface area contributed by atoms with Crippen LogP contribution < -0.4 is 5.43 Å². The van der Waals surface area contributed by atoms with Crippen LogP contribution in [0.25, 0.3) is 0 Å². The number of hydrogen-bond acceptors (Lipinski definition) is 3. The van der Waals surface area contributed by atoms with Crippen molar-refractivity contribution in [2.45, 2.75) is 6.42 Å². The van der Waals surface area contributed by atoms with Gasteiger partial charge in [0.05, 0.1) is 27.9 Å². The summed E-state index contributed by atoms with van der Waals surface area (Å²) in [5.41, 5.74) is 5.97. The largest absolute Gasteiger partial charge is 0.294 e. The van der Waals surface area contributed by atoms with Gasteiger partial charge in [0.15, 0.2) is 5.78 Å². The number of hydrogen-bond donors (Lipinski definition) is 1. The predicted molar refractivity (Wildman–Crippen MR) is 82.0 cm³/mol. The highest BCUT2D eigenvalue weighted by atomic mass is 35.5. The van der Waals surface area contributed by atoms with Gasteiger partial charge in [0.25, 0.3) is 0 Å². The first kappa shape index (κ1) is 13.2. The van der Waals surface area contributed by atoms with Gasteiger partial charge in [-0.2, -0.15) is 5.10 Å². The van der Waals surface area contributed by atoms with Crippen molar-refractivity contribution in [3.8, 4) is 0 Å². The normalized spacial score (nSPS) is 15.5. The third kappa shape index (κ3) is 2.42. The molecule has 1 N–H and O–H groups in total. The lowest BCUT2D eigenvalue weighted by Crippen LogP contribution is -2.00. The lowest BCUT2D eigenvalue weighted by Gasteiger charge is -2.04. The topological polar surface area (TPSA) is 41.5 Å². The second-order valence-corrected chi connectivity index (χ2v) is 5.26. The Balaban J connectivity index is 1.87. The molecule has 20 heavy (non-hydrogen) atoms. The summed E-state index contributed by atoms with van der Waals surface area (Å²) >= 11 is 11.8. The zero-order chi connectivity index (χ0) is 14.1. The molecule has 2 aromatic rings. The molecule has 0 radical (unpaired) electrons. The predicted octanol–water partition coefficient (Wildman–Crippen LogP) is 4.40. The van der Waals surface area contributed by atoms with E-state index in [2.05, 4.69) is 10.5 Å². The molecule has 1 aliphatic carbocycles. The van der Waals surface area contributed by atoms with Crippen molar-refractivity contribution in [1.82, 2.24) is 0 Å². The Morgan fingerprint density at radius 1 is 1.00 bits per heavy atom. The molecule has 5 heteroatoms. The number of nitrogens with zero attached hydrogens (tertiary/aromatic N) is 1. The van der Waals surface area contributed by atoms with Crippen LogP contribution in [0.4, 0.5) is 5.69 Å². The van der Waals surface area contributed by atoms with Gasteiger partial charge in [-0.1, -0.05) is 47.5 Å². The lowest BCUT2D eigenvalue weighted by molar-refractivity contribution is 0.101. The van der Waals surface area contributed by atoms with Crippen molar-refractivity contribution in [3.63, 3.8) is 0 Å². The molecule has 3 rings (SSSR count). The van der Waals surface area contributed by atoms with E-state index in [-0.39, 0.29) is 5.78 Å². The highest BCUT2D eigenvalue weighted by Crippen LogP contribution is 2.26. The number of carbonyl (C=O) groups is 1. The van der Waals surface area contributed by atoms with E-state index in [1.165, 1.54) is 0 Å². The average molecular weight is 305 g/mol.